The Balaban J connectivity index is 2.04. The van der Waals surface area contributed by atoms with Gasteiger partial charge >= 0.3 is 0 Å². The highest BCUT2D eigenvalue weighted by Crippen LogP contribution is 2.37. The van der Waals surface area contributed by atoms with Crippen LogP contribution >= 0.6 is 0 Å². The van der Waals surface area contributed by atoms with E-state index in [1.165, 1.54) is 5.56 Å². The first-order chi connectivity index (χ1) is 9.07. The SMILES string of the molecule is CNC(CCC(C)(C)OC)C1COc2ccccc21. The van der Waals surface area contributed by atoms with Gasteiger partial charge in [-0.3, -0.25) is 0 Å². The molecule has 3 heteroatoms. The van der Waals surface area contributed by atoms with E-state index >= 15 is 0 Å². The highest BCUT2D eigenvalue weighted by Gasteiger charge is 2.31. The molecule has 1 aromatic carbocycles. The summed E-state index contributed by atoms with van der Waals surface area (Å²) in [5.74, 6) is 1.48. The number of methoxy groups -OCH3 is 1. The first-order valence-corrected chi connectivity index (χ1v) is 7.01. The Morgan fingerprint density at radius 3 is 2.84 bits per heavy atom. The summed E-state index contributed by atoms with van der Waals surface area (Å²) in [6.45, 7) is 5.05. The summed E-state index contributed by atoms with van der Waals surface area (Å²) in [7, 11) is 3.81. The van der Waals surface area contributed by atoms with E-state index in [0.29, 0.717) is 12.0 Å². The predicted octanol–water partition coefficient (Wildman–Crippen LogP) is 2.96. The van der Waals surface area contributed by atoms with Crippen LogP contribution in [0.25, 0.3) is 0 Å². The second-order valence-corrected chi connectivity index (χ2v) is 5.85. The lowest BCUT2D eigenvalue weighted by Gasteiger charge is -2.28. The summed E-state index contributed by atoms with van der Waals surface area (Å²) in [6.07, 6.45) is 2.12. The Hall–Kier alpha value is -1.06. The third-order valence-electron chi connectivity index (χ3n) is 4.20. The average Bonchev–Trinajstić information content (AvgIpc) is 2.84. The summed E-state index contributed by atoms with van der Waals surface area (Å²) >= 11 is 0. The van der Waals surface area contributed by atoms with E-state index in [1.54, 1.807) is 7.11 Å². The predicted molar refractivity (Wildman–Crippen MR) is 77.8 cm³/mol. The van der Waals surface area contributed by atoms with E-state index in [-0.39, 0.29) is 5.60 Å². The molecule has 2 unspecified atom stereocenters. The van der Waals surface area contributed by atoms with Crippen molar-refractivity contribution in [3.63, 3.8) is 0 Å². The zero-order valence-corrected chi connectivity index (χ0v) is 12.4. The van der Waals surface area contributed by atoms with E-state index in [9.17, 15) is 0 Å². The minimum Gasteiger partial charge on any atom is -0.493 e. The number of hydrogen-bond donors (Lipinski definition) is 1. The van der Waals surface area contributed by atoms with Crippen LogP contribution in [0.15, 0.2) is 24.3 Å². The van der Waals surface area contributed by atoms with Gasteiger partial charge < -0.3 is 14.8 Å². The van der Waals surface area contributed by atoms with Crippen molar-refractivity contribution in [1.29, 1.82) is 0 Å². The number of hydrogen-bond acceptors (Lipinski definition) is 3. The lowest BCUT2D eigenvalue weighted by molar-refractivity contribution is 0.0111. The summed E-state index contributed by atoms with van der Waals surface area (Å²) in [5, 5.41) is 3.45. The second-order valence-electron chi connectivity index (χ2n) is 5.85. The fraction of sp³-hybridized carbons (Fsp3) is 0.625. The molecule has 3 nitrogen and oxygen atoms in total. The van der Waals surface area contributed by atoms with Crippen LogP contribution in [0.4, 0.5) is 0 Å². The van der Waals surface area contributed by atoms with Crippen molar-refractivity contribution in [2.24, 2.45) is 0 Å². The highest BCUT2D eigenvalue weighted by atomic mass is 16.5. The number of fused-ring (bicyclic) bond motifs is 1. The Morgan fingerprint density at radius 2 is 2.16 bits per heavy atom. The number of nitrogens with one attached hydrogen (secondary N) is 1. The minimum atomic E-state index is -0.0614. The van der Waals surface area contributed by atoms with Crippen LogP contribution in [0, 0.1) is 0 Å². The molecule has 1 N–H and O–H groups in total. The van der Waals surface area contributed by atoms with Gasteiger partial charge in [-0.25, -0.2) is 0 Å². The summed E-state index contributed by atoms with van der Waals surface area (Å²) in [6, 6.07) is 8.79. The maximum atomic E-state index is 5.78. The van der Waals surface area contributed by atoms with Crippen LogP contribution < -0.4 is 10.1 Å². The van der Waals surface area contributed by atoms with Crippen LogP contribution in [0.5, 0.6) is 5.75 Å². The van der Waals surface area contributed by atoms with Crippen LogP contribution in [0.1, 0.15) is 38.2 Å². The topological polar surface area (TPSA) is 30.5 Å². The van der Waals surface area contributed by atoms with Gasteiger partial charge in [0.1, 0.15) is 5.75 Å². The lowest BCUT2D eigenvalue weighted by atomic mass is 9.88. The van der Waals surface area contributed by atoms with Gasteiger partial charge in [0.05, 0.1) is 12.2 Å². The molecule has 106 valence electrons. The maximum Gasteiger partial charge on any atom is 0.122 e. The fourth-order valence-electron chi connectivity index (χ4n) is 2.67. The molecule has 0 bridgehead atoms. The molecule has 0 saturated carbocycles. The maximum absolute atomic E-state index is 5.78. The molecule has 0 saturated heterocycles. The van der Waals surface area contributed by atoms with Crippen LogP contribution in [-0.4, -0.2) is 32.4 Å². The molecule has 0 spiro atoms. The number of likely N-dealkylation sites (N-methyl/N-ethyl adjacent to an activating group) is 1. The first-order valence-electron chi connectivity index (χ1n) is 7.01. The van der Waals surface area contributed by atoms with Crippen molar-refractivity contribution in [2.45, 2.75) is 44.2 Å². The van der Waals surface area contributed by atoms with Crippen molar-refractivity contribution in [2.75, 3.05) is 20.8 Å². The van der Waals surface area contributed by atoms with Gasteiger partial charge in [0.25, 0.3) is 0 Å². The molecule has 1 aromatic rings. The molecule has 1 aliphatic rings. The molecule has 2 atom stereocenters. The Labute approximate surface area is 116 Å². The Bertz CT molecular complexity index is 417. The molecule has 0 aliphatic carbocycles. The number of ether oxygens (including phenoxy) is 2. The molecule has 19 heavy (non-hydrogen) atoms. The van der Waals surface area contributed by atoms with Gasteiger partial charge in [-0.05, 0) is 39.8 Å². The zero-order valence-electron chi connectivity index (χ0n) is 12.4. The largest absolute Gasteiger partial charge is 0.493 e. The Kier molecular flexibility index (Phi) is 4.48. The number of benzene rings is 1. The molecular weight excluding hydrogens is 238 g/mol. The van der Waals surface area contributed by atoms with Gasteiger partial charge in [-0.15, -0.1) is 0 Å². The normalized spacial score (nSPS) is 19.9. The molecule has 1 heterocycles. The van der Waals surface area contributed by atoms with Crippen LogP contribution in [0.2, 0.25) is 0 Å². The Morgan fingerprint density at radius 1 is 1.42 bits per heavy atom. The summed E-state index contributed by atoms with van der Waals surface area (Å²) < 4.78 is 11.3. The molecular formula is C16H25NO2. The molecule has 0 fully saturated rings. The average molecular weight is 263 g/mol. The van der Waals surface area contributed by atoms with Crippen molar-refractivity contribution in [3.8, 4) is 5.75 Å². The van der Waals surface area contributed by atoms with E-state index in [0.717, 1.165) is 25.2 Å². The van der Waals surface area contributed by atoms with Gasteiger partial charge in [0, 0.05) is 24.6 Å². The highest BCUT2D eigenvalue weighted by molar-refractivity contribution is 5.40. The van der Waals surface area contributed by atoms with Crippen molar-refractivity contribution < 1.29 is 9.47 Å². The standard InChI is InChI=1S/C16H25NO2/c1-16(2,18-4)10-9-14(17-3)13-11-19-15-8-6-5-7-12(13)15/h5-8,13-14,17H,9-11H2,1-4H3. The van der Waals surface area contributed by atoms with E-state index in [4.69, 9.17) is 9.47 Å². The molecule has 1 aliphatic heterocycles. The lowest BCUT2D eigenvalue weighted by Crippen LogP contribution is -2.35. The number of para-hydroxylation sites is 1. The van der Waals surface area contributed by atoms with Crippen LogP contribution in [0.3, 0.4) is 0 Å². The molecule has 0 amide bonds. The van der Waals surface area contributed by atoms with Crippen molar-refractivity contribution >= 4 is 0 Å². The molecule has 0 aromatic heterocycles. The first kappa shape index (κ1) is 14.4. The smallest absolute Gasteiger partial charge is 0.122 e. The minimum absolute atomic E-state index is 0.0614. The quantitative estimate of drug-likeness (QED) is 0.856. The zero-order chi connectivity index (χ0) is 13.9. The monoisotopic (exact) mass is 263 g/mol. The van der Waals surface area contributed by atoms with E-state index < -0.39 is 0 Å². The molecule has 0 radical (unpaired) electrons. The van der Waals surface area contributed by atoms with Gasteiger partial charge in [0.15, 0.2) is 0 Å². The van der Waals surface area contributed by atoms with Crippen molar-refractivity contribution in [3.05, 3.63) is 29.8 Å². The fourth-order valence-corrected chi connectivity index (χ4v) is 2.67. The van der Waals surface area contributed by atoms with Gasteiger partial charge in [-0.1, -0.05) is 18.2 Å². The molecule has 2 rings (SSSR count). The second kappa shape index (κ2) is 5.93. The van der Waals surface area contributed by atoms with Crippen molar-refractivity contribution in [1.82, 2.24) is 5.32 Å². The number of rotatable bonds is 6. The van der Waals surface area contributed by atoms with E-state index in [2.05, 4.69) is 37.4 Å². The van der Waals surface area contributed by atoms with Gasteiger partial charge in [0.2, 0.25) is 0 Å². The van der Waals surface area contributed by atoms with Crippen LogP contribution in [-0.2, 0) is 4.74 Å². The van der Waals surface area contributed by atoms with Gasteiger partial charge in [-0.2, -0.15) is 0 Å². The third-order valence-corrected chi connectivity index (χ3v) is 4.20. The third kappa shape index (κ3) is 3.28. The summed E-state index contributed by atoms with van der Waals surface area (Å²) in [5.41, 5.74) is 1.27. The summed E-state index contributed by atoms with van der Waals surface area (Å²) in [4.78, 5) is 0. The van der Waals surface area contributed by atoms with E-state index in [1.807, 2.05) is 13.1 Å².